The van der Waals surface area contributed by atoms with Crippen molar-refractivity contribution in [3.8, 4) is 0 Å². The van der Waals surface area contributed by atoms with Crippen LogP contribution in [0, 0.1) is 6.92 Å². The van der Waals surface area contributed by atoms with Gasteiger partial charge < -0.3 is 5.32 Å². The molecular formula is C16H21BrClN3. The zero-order valence-corrected chi connectivity index (χ0v) is 15.0. The zero-order chi connectivity index (χ0) is 15.4. The molecule has 0 aliphatic heterocycles. The smallest absolute Gasteiger partial charge is 0.0596 e. The third kappa shape index (κ3) is 3.87. The van der Waals surface area contributed by atoms with Crippen LogP contribution >= 0.6 is 27.5 Å². The Labute approximate surface area is 139 Å². The Morgan fingerprint density at radius 3 is 2.81 bits per heavy atom. The fourth-order valence-electron chi connectivity index (χ4n) is 2.57. The second kappa shape index (κ2) is 7.43. The summed E-state index contributed by atoms with van der Waals surface area (Å²) in [6.45, 7) is 8.04. The first kappa shape index (κ1) is 16.5. The van der Waals surface area contributed by atoms with Gasteiger partial charge in [0.25, 0.3) is 0 Å². The molecule has 0 aliphatic carbocycles. The number of benzene rings is 1. The average molecular weight is 371 g/mol. The summed E-state index contributed by atoms with van der Waals surface area (Å²) in [6.07, 6.45) is 0.874. The summed E-state index contributed by atoms with van der Waals surface area (Å²) in [7, 11) is 0. The molecule has 114 valence electrons. The van der Waals surface area contributed by atoms with Gasteiger partial charge in [-0.05, 0) is 54.0 Å². The van der Waals surface area contributed by atoms with E-state index in [1.165, 1.54) is 5.69 Å². The molecular weight excluding hydrogens is 350 g/mol. The van der Waals surface area contributed by atoms with Gasteiger partial charge in [-0.1, -0.05) is 30.7 Å². The molecule has 0 amide bonds. The van der Waals surface area contributed by atoms with Crippen molar-refractivity contribution in [2.75, 3.05) is 6.54 Å². The lowest BCUT2D eigenvalue weighted by atomic mass is 10.0. The molecule has 0 saturated heterocycles. The minimum atomic E-state index is 0.182. The highest BCUT2D eigenvalue weighted by Crippen LogP contribution is 2.31. The van der Waals surface area contributed by atoms with Gasteiger partial charge >= 0.3 is 0 Å². The summed E-state index contributed by atoms with van der Waals surface area (Å²) < 4.78 is 3.00. The maximum absolute atomic E-state index is 6.46. The molecule has 2 rings (SSSR count). The number of nitrogens with one attached hydrogen (secondary N) is 1. The van der Waals surface area contributed by atoms with Crippen molar-refractivity contribution in [2.45, 2.75) is 39.8 Å². The summed E-state index contributed by atoms with van der Waals surface area (Å²) >= 11 is 9.97. The van der Waals surface area contributed by atoms with Gasteiger partial charge in [0.15, 0.2) is 0 Å². The highest BCUT2D eigenvalue weighted by Gasteiger charge is 2.18. The van der Waals surface area contributed by atoms with E-state index in [1.54, 1.807) is 0 Å². The molecule has 0 saturated carbocycles. The van der Waals surface area contributed by atoms with E-state index in [1.807, 2.05) is 19.1 Å². The van der Waals surface area contributed by atoms with Crippen molar-refractivity contribution in [2.24, 2.45) is 0 Å². The van der Waals surface area contributed by atoms with Crippen molar-refractivity contribution >= 4 is 27.5 Å². The Hall–Kier alpha value is -0.840. The number of aryl methyl sites for hydroxylation is 2. The van der Waals surface area contributed by atoms with Gasteiger partial charge in [0.2, 0.25) is 0 Å². The van der Waals surface area contributed by atoms with Crippen LogP contribution in [0.2, 0.25) is 5.02 Å². The molecule has 0 spiro atoms. The number of hydrogen-bond donors (Lipinski definition) is 1. The van der Waals surface area contributed by atoms with Crippen molar-refractivity contribution in [1.82, 2.24) is 15.1 Å². The third-order valence-corrected chi connectivity index (χ3v) is 4.82. The number of hydrogen-bond acceptors (Lipinski definition) is 2. The predicted octanol–water partition coefficient (Wildman–Crippen LogP) is 4.52. The zero-order valence-electron chi connectivity index (χ0n) is 12.7. The summed E-state index contributed by atoms with van der Waals surface area (Å²) in [5.74, 6) is 0. The van der Waals surface area contributed by atoms with Crippen LogP contribution in [0.5, 0.6) is 0 Å². The van der Waals surface area contributed by atoms with Gasteiger partial charge in [0, 0.05) is 29.2 Å². The van der Waals surface area contributed by atoms with E-state index < -0.39 is 0 Å². The van der Waals surface area contributed by atoms with Crippen molar-refractivity contribution in [1.29, 1.82) is 0 Å². The Bertz CT molecular complexity index is 610. The van der Waals surface area contributed by atoms with E-state index in [0.717, 1.165) is 40.3 Å². The lowest BCUT2D eigenvalue weighted by Crippen LogP contribution is -2.24. The van der Waals surface area contributed by atoms with E-state index in [-0.39, 0.29) is 6.04 Å². The lowest BCUT2D eigenvalue weighted by molar-refractivity contribution is 0.516. The molecule has 0 radical (unpaired) electrons. The summed E-state index contributed by atoms with van der Waals surface area (Å²) in [4.78, 5) is 0. The molecule has 1 aromatic heterocycles. The second-order valence-electron chi connectivity index (χ2n) is 5.05. The van der Waals surface area contributed by atoms with Crippen LogP contribution in [0.15, 0.2) is 28.7 Å². The summed E-state index contributed by atoms with van der Waals surface area (Å²) in [5, 5.41) is 8.83. The molecule has 1 aromatic carbocycles. The van der Waals surface area contributed by atoms with Crippen molar-refractivity contribution in [3.63, 3.8) is 0 Å². The monoisotopic (exact) mass is 369 g/mol. The Kier molecular flexibility index (Phi) is 5.85. The summed E-state index contributed by atoms with van der Waals surface area (Å²) in [6, 6.07) is 8.41. The molecule has 5 heteroatoms. The Morgan fingerprint density at radius 1 is 1.38 bits per heavy atom. The van der Waals surface area contributed by atoms with E-state index in [9.17, 15) is 0 Å². The molecule has 1 atom stereocenters. The number of likely N-dealkylation sites (N-methyl/N-ethyl adjacent to an activating group) is 1. The van der Waals surface area contributed by atoms with E-state index in [2.05, 4.69) is 57.0 Å². The Morgan fingerprint density at radius 2 is 2.14 bits per heavy atom. The van der Waals surface area contributed by atoms with Gasteiger partial charge in [0.05, 0.1) is 10.7 Å². The van der Waals surface area contributed by atoms with Gasteiger partial charge in [-0.3, -0.25) is 4.68 Å². The maximum Gasteiger partial charge on any atom is 0.0596 e. The fourth-order valence-corrected chi connectivity index (χ4v) is 3.21. The van der Waals surface area contributed by atoms with Crippen LogP contribution in [-0.2, 0) is 13.0 Å². The van der Waals surface area contributed by atoms with Crippen LogP contribution in [-0.4, -0.2) is 16.3 Å². The van der Waals surface area contributed by atoms with Crippen molar-refractivity contribution in [3.05, 3.63) is 50.7 Å². The number of nitrogens with zero attached hydrogens (tertiary/aromatic N) is 2. The molecule has 1 heterocycles. The lowest BCUT2D eigenvalue weighted by Gasteiger charge is -2.20. The molecule has 0 aliphatic rings. The van der Waals surface area contributed by atoms with E-state index >= 15 is 0 Å². The fraction of sp³-hybridized carbons (Fsp3) is 0.438. The highest BCUT2D eigenvalue weighted by molar-refractivity contribution is 9.10. The molecule has 1 unspecified atom stereocenters. The predicted molar refractivity (Wildman–Crippen MR) is 91.9 cm³/mol. The summed E-state index contributed by atoms with van der Waals surface area (Å²) in [5.41, 5.74) is 3.41. The van der Waals surface area contributed by atoms with Crippen LogP contribution < -0.4 is 5.32 Å². The molecule has 0 bridgehead atoms. The molecule has 0 fully saturated rings. The largest absolute Gasteiger partial charge is 0.310 e. The Balaban J connectivity index is 2.33. The van der Waals surface area contributed by atoms with Crippen LogP contribution in [0.25, 0.3) is 0 Å². The highest BCUT2D eigenvalue weighted by atomic mass is 79.9. The minimum absolute atomic E-state index is 0.182. The average Bonchev–Trinajstić information content (AvgIpc) is 2.81. The SMILES string of the molecule is CCNC(Cc1cc(C)nn1CC)c1cccc(Br)c1Cl. The number of halogens is 2. The van der Waals surface area contributed by atoms with Crippen LogP contribution in [0.3, 0.4) is 0 Å². The molecule has 2 aromatic rings. The van der Waals surface area contributed by atoms with Gasteiger partial charge in [-0.15, -0.1) is 0 Å². The van der Waals surface area contributed by atoms with Crippen LogP contribution in [0.1, 0.15) is 36.8 Å². The topological polar surface area (TPSA) is 29.9 Å². The standard InChI is InChI=1S/C16H21BrClN3/c1-4-19-15(13-7-6-8-14(17)16(13)18)10-12-9-11(3)20-21(12)5-2/h6-9,15,19H,4-5,10H2,1-3H3. The third-order valence-electron chi connectivity index (χ3n) is 3.51. The normalized spacial score (nSPS) is 12.6. The quantitative estimate of drug-likeness (QED) is 0.810. The molecule has 3 nitrogen and oxygen atoms in total. The second-order valence-corrected chi connectivity index (χ2v) is 6.28. The first-order valence-corrected chi connectivity index (χ1v) is 8.44. The van der Waals surface area contributed by atoms with Crippen LogP contribution in [0.4, 0.5) is 0 Å². The number of rotatable bonds is 6. The van der Waals surface area contributed by atoms with Gasteiger partial charge in [0.1, 0.15) is 0 Å². The van der Waals surface area contributed by atoms with Crippen molar-refractivity contribution < 1.29 is 0 Å². The molecule has 21 heavy (non-hydrogen) atoms. The number of aromatic nitrogens is 2. The van der Waals surface area contributed by atoms with Gasteiger partial charge in [-0.25, -0.2) is 0 Å². The van der Waals surface area contributed by atoms with E-state index in [0.29, 0.717) is 0 Å². The minimum Gasteiger partial charge on any atom is -0.310 e. The maximum atomic E-state index is 6.46. The first-order chi connectivity index (χ1) is 10.1. The van der Waals surface area contributed by atoms with E-state index in [4.69, 9.17) is 11.6 Å². The van der Waals surface area contributed by atoms with Gasteiger partial charge in [-0.2, -0.15) is 5.10 Å². The molecule has 1 N–H and O–H groups in total. The first-order valence-electron chi connectivity index (χ1n) is 7.27.